The average Bonchev–Trinajstić information content (AvgIpc) is 2.51. The smallest absolute Gasteiger partial charge is 0.239 e. The van der Waals surface area contributed by atoms with Crippen molar-refractivity contribution < 1.29 is 13.9 Å². The van der Waals surface area contributed by atoms with Crippen LogP contribution in [-0.4, -0.2) is 29.9 Å². The predicted octanol–water partition coefficient (Wildman–Crippen LogP) is 2.07. The fourth-order valence-electron chi connectivity index (χ4n) is 2.04. The molecular formula is C14H14FN3O2. The third-order valence-corrected chi connectivity index (χ3v) is 2.99. The van der Waals surface area contributed by atoms with Crippen LogP contribution in [0, 0.1) is 5.95 Å². The van der Waals surface area contributed by atoms with Crippen molar-refractivity contribution >= 4 is 0 Å². The number of hydrogen-bond donors (Lipinski definition) is 1. The van der Waals surface area contributed by atoms with Crippen molar-refractivity contribution in [3.8, 4) is 11.6 Å². The normalized spacial score (nSPS) is 18.8. The minimum absolute atomic E-state index is 0.0200. The third kappa shape index (κ3) is 3.09. The van der Waals surface area contributed by atoms with Gasteiger partial charge in [0, 0.05) is 25.2 Å². The fourth-order valence-corrected chi connectivity index (χ4v) is 2.04. The van der Waals surface area contributed by atoms with E-state index < -0.39 is 5.95 Å². The summed E-state index contributed by atoms with van der Waals surface area (Å²) in [5, 5.41) is 10.2. The van der Waals surface area contributed by atoms with Gasteiger partial charge in [0.1, 0.15) is 5.75 Å². The molecule has 2 heterocycles. The number of nitrogens with zero attached hydrogens (tertiary/aromatic N) is 2. The van der Waals surface area contributed by atoms with E-state index in [1.54, 1.807) is 0 Å². The van der Waals surface area contributed by atoms with E-state index in [9.17, 15) is 4.39 Å². The summed E-state index contributed by atoms with van der Waals surface area (Å²) in [7, 11) is 0. The molecule has 1 aromatic carbocycles. The van der Waals surface area contributed by atoms with E-state index in [0.29, 0.717) is 12.4 Å². The summed E-state index contributed by atoms with van der Waals surface area (Å²) in [4.78, 5) is 0. The molecule has 6 heteroatoms. The van der Waals surface area contributed by atoms with Gasteiger partial charge in [0.15, 0.2) is 0 Å². The molecule has 1 aliphatic heterocycles. The van der Waals surface area contributed by atoms with Crippen molar-refractivity contribution in [2.75, 3.05) is 19.7 Å². The molecule has 1 N–H and O–H groups in total. The second kappa shape index (κ2) is 5.94. The van der Waals surface area contributed by atoms with Gasteiger partial charge in [-0.05, 0) is 17.7 Å². The second-order valence-corrected chi connectivity index (χ2v) is 4.43. The average molecular weight is 275 g/mol. The fraction of sp³-hybridized carbons (Fsp3) is 0.286. The molecule has 20 heavy (non-hydrogen) atoms. The Bertz CT molecular complexity index is 571. The van der Waals surface area contributed by atoms with Gasteiger partial charge >= 0.3 is 0 Å². The maximum atomic E-state index is 12.7. The zero-order chi connectivity index (χ0) is 13.8. The van der Waals surface area contributed by atoms with Crippen molar-refractivity contribution in [2.24, 2.45) is 0 Å². The first-order valence-corrected chi connectivity index (χ1v) is 6.40. The van der Waals surface area contributed by atoms with E-state index in [2.05, 4.69) is 15.5 Å². The van der Waals surface area contributed by atoms with Crippen LogP contribution in [0.4, 0.5) is 4.39 Å². The maximum Gasteiger partial charge on any atom is 0.239 e. The number of morpholine rings is 1. The first-order valence-electron chi connectivity index (χ1n) is 6.40. The zero-order valence-electron chi connectivity index (χ0n) is 10.8. The maximum absolute atomic E-state index is 12.7. The van der Waals surface area contributed by atoms with Crippen LogP contribution in [-0.2, 0) is 4.74 Å². The Morgan fingerprint density at radius 1 is 1.25 bits per heavy atom. The summed E-state index contributed by atoms with van der Waals surface area (Å²) in [5.41, 5.74) is 1.03. The molecule has 1 atom stereocenters. The van der Waals surface area contributed by atoms with Gasteiger partial charge in [0.2, 0.25) is 11.8 Å². The molecule has 104 valence electrons. The van der Waals surface area contributed by atoms with Crippen LogP contribution in [0.5, 0.6) is 11.6 Å². The number of halogens is 1. The van der Waals surface area contributed by atoms with Gasteiger partial charge in [-0.25, -0.2) is 0 Å². The third-order valence-electron chi connectivity index (χ3n) is 2.99. The summed E-state index contributed by atoms with van der Waals surface area (Å²) in [6.07, 6.45) is 0.0200. The van der Waals surface area contributed by atoms with E-state index in [4.69, 9.17) is 9.47 Å². The molecule has 0 aliphatic carbocycles. The molecule has 1 aromatic heterocycles. The molecule has 5 nitrogen and oxygen atoms in total. The number of rotatable bonds is 3. The number of ether oxygens (including phenoxy) is 2. The lowest BCUT2D eigenvalue weighted by molar-refractivity contribution is 0.0276. The van der Waals surface area contributed by atoms with Gasteiger partial charge in [0.05, 0.1) is 12.7 Å². The van der Waals surface area contributed by atoms with Crippen molar-refractivity contribution in [3.05, 3.63) is 47.9 Å². The van der Waals surface area contributed by atoms with E-state index >= 15 is 0 Å². The molecule has 0 unspecified atom stereocenters. The molecule has 1 saturated heterocycles. The molecule has 2 aromatic rings. The Morgan fingerprint density at radius 3 is 2.95 bits per heavy atom. The lowest BCUT2D eigenvalue weighted by atomic mass is 10.1. The molecule has 0 saturated carbocycles. The second-order valence-electron chi connectivity index (χ2n) is 4.43. The standard InChI is InChI=1S/C14H14FN3O2/c15-13-4-5-14(18-17-13)20-11-3-1-2-10(8-11)12-9-16-6-7-19-12/h1-5,8,12,16H,6-7,9H2/t12-/m0/s1. The first kappa shape index (κ1) is 13.0. The van der Waals surface area contributed by atoms with Gasteiger partial charge < -0.3 is 14.8 Å². The Balaban J connectivity index is 1.75. The number of nitrogens with one attached hydrogen (secondary N) is 1. The lowest BCUT2D eigenvalue weighted by Crippen LogP contribution is -2.33. The largest absolute Gasteiger partial charge is 0.438 e. The van der Waals surface area contributed by atoms with Crippen LogP contribution in [0.1, 0.15) is 11.7 Å². The van der Waals surface area contributed by atoms with E-state index in [1.807, 2.05) is 24.3 Å². The van der Waals surface area contributed by atoms with Crippen molar-refractivity contribution in [3.63, 3.8) is 0 Å². The SMILES string of the molecule is Fc1ccc(Oc2cccc([C@@H]3CNCCO3)c2)nn1. The van der Waals surface area contributed by atoms with Gasteiger partial charge in [-0.15, -0.1) is 10.2 Å². The minimum Gasteiger partial charge on any atom is -0.438 e. The van der Waals surface area contributed by atoms with Crippen LogP contribution in [0.15, 0.2) is 36.4 Å². The first-order chi connectivity index (χ1) is 9.81. The van der Waals surface area contributed by atoms with Gasteiger partial charge in [0.25, 0.3) is 0 Å². The molecule has 0 spiro atoms. The predicted molar refractivity (Wildman–Crippen MR) is 70.1 cm³/mol. The topological polar surface area (TPSA) is 56.3 Å². The lowest BCUT2D eigenvalue weighted by Gasteiger charge is -2.24. The monoisotopic (exact) mass is 275 g/mol. The minimum atomic E-state index is -0.632. The van der Waals surface area contributed by atoms with Crippen LogP contribution >= 0.6 is 0 Å². The highest BCUT2D eigenvalue weighted by atomic mass is 19.1. The molecule has 0 bridgehead atoms. The Kier molecular flexibility index (Phi) is 3.85. The summed E-state index contributed by atoms with van der Waals surface area (Å²) in [5.74, 6) is 0.247. The summed E-state index contributed by atoms with van der Waals surface area (Å²) in [6.45, 7) is 2.34. The Hall–Kier alpha value is -2.05. The van der Waals surface area contributed by atoms with Crippen LogP contribution < -0.4 is 10.1 Å². The van der Waals surface area contributed by atoms with E-state index in [0.717, 1.165) is 18.7 Å². The summed E-state index contributed by atoms with van der Waals surface area (Å²) < 4.78 is 23.9. The van der Waals surface area contributed by atoms with Crippen molar-refractivity contribution in [1.82, 2.24) is 15.5 Å². The molecule has 1 fully saturated rings. The highest BCUT2D eigenvalue weighted by Crippen LogP contribution is 2.25. The highest BCUT2D eigenvalue weighted by molar-refractivity contribution is 5.32. The molecule has 0 amide bonds. The van der Waals surface area contributed by atoms with Crippen LogP contribution in [0.3, 0.4) is 0 Å². The molecule has 1 aliphatic rings. The van der Waals surface area contributed by atoms with Gasteiger partial charge in [-0.1, -0.05) is 12.1 Å². The molecular weight excluding hydrogens is 261 g/mol. The number of hydrogen-bond acceptors (Lipinski definition) is 5. The van der Waals surface area contributed by atoms with Crippen LogP contribution in [0.25, 0.3) is 0 Å². The van der Waals surface area contributed by atoms with E-state index in [1.165, 1.54) is 12.1 Å². The highest BCUT2D eigenvalue weighted by Gasteiger charge is 2.16. The van der Waals surface area contributed by atoms with Crippen molar-refractivity contribution in [2.45, 2.75) is 6.10 Å². The molecule has 3 rings (SSSR count). The van der Waals surface area contributed by atoms with Crippen LogP contribution in [0.2, 0.25) is 0 Å². The molecule has 0 radical (unpaired) electrons. The van der Waals surface area contributed by atoms with Crippen molar-refractivity contribution in [1.29, 1.82) is 0 Å². The Morgan fingerprint density at radius 2 is 2.20 bits per heavy atom. The summed E-state index contributed by atoms with van der Waals surface area (Å²) >= 11 is 0. The number of aromatic nitrogens is 2. The number of benzene rings is 1. The zero-order valence-corrected chi connectivity index (χ0v) is 10.8. The van der Waals surface area contributed by atoms with Gasteiger partial charge in [-0.2, -0.15) is 4.39 Å². The summed E-state index contributed by atoms with van der Waals surface area (Å²) in [6, 6.07) is 10.2. The Labute approximate surface area is 115 Å². The quantitative estimate of drug-likeness (QED) is 0.929. The van der Waals surface area contributed by atoms with Gasteiger partial charge in [-0.3, -0.25) is 0 Å². The van der Waals surface area contributed by atoms with E-state index in [-0.39, 0.29) is 12.0 Å².